The summed E-state index contributed by atoms with van der Waals surface area (Å²) in [5.41, 5.74) is 6.01. The molecule has 0 aliphatic heterocycles. The number of carbonyl (C=O) groups excluding carboxylic acids is 1. The van der Waals surface area contributed by atoms with Crippen LogP contribution >= 0.6 is 0 Å². The summed E-state index contributed by atoms with van der Waals surface area (Å²) in [7, 11) is 0. The quantitative estimate of drug-likeness (QED) is 0.338. The number of hydrogen-bond acceptors (Lipinski definition) is 3. The Hall–Kier alpha value is -2.11. The molecule has 19 heavy (non-hydrogen) atoms. The van der Waals surface area contributed by atoms with E-state index in [9.17, 15) is 9.18 Å². The molecule has 0 saturated heterocycles. The topological polar surface area (TPSA) is 87.7 Å². The largest absolute Gasteiger partial charge is 0.409 e. The minimum Gasteiger partial charge on any atom is -0.409 e. The van der Waals surface area contributed by atoms with E-state index in [0.717, 1.165) is 31.7 Å². The number of nitrogens with zero attached hydrogens (tertiary/aromatic N) is 1. The monoisotopic (exact) mass is 265 g/mol. The summed E-state index contributed by atoms with van der Waals surface area (Å²) < 4.78 is 13.2. The first kappa shape index (κ1) is 13.3. The molecule has 0 heterocycles. The number of hydrogen-bond donors (Lipinski definition) is 3. The van der Waals surface area contributed by atoms with E-state index in [1.54, 1.807) is 0 Å². The summed E-state index contributed by atoms with van der Waals surface area (Å²) in [5.74, 6) is -0.858. The van der Waals surface area contributed by atoms with Crippen LogP contribution in [0.25, 0.3) is 0 Å². The lowest BCUT2D eigenvalue weighted by Gasteiger charge is -2.13. The van der Waals surface area contributed by atoms with E-state index in [1.807, 2.05) is 0 Å². The predicted molar refractivity (Wildman–Crippen MR) is 69.5 cm³/mol. The first-order chi connectivity index (χ1) is 9.11. The van der Waals surface area contributed by atoms with Gasteiger partial charge in [0.1, 0.15) is 5.82 Å². The van der Waals surface area contributed by atoms with Crippen molar-refractivity contribution in [1.29, 1.82) is 0 Å². The highest BCUT2D eigenvalue weighted by molar-refractivity contribution is 6.05. The maximum absolute atomic E-state index is 13.2. The zero-order chi connectivity index (χ0) is 13.8. The van der Waals surface area contributed by atoms with Gasteiger partial charge in [-0.25, -0.2) is 4.39 Å². The van der Waals surface area contributed by atoms with Crippen molar-refractivity contribution in [3.8, 4) is 0 Å². The smallest absolute Gasteiger partial charge is 0.227 e. The Balaban J connectivity index is 2.21. The summed E-state index contributed by atoms with van der Waals surface area (Å²) in [6.07, 6.45) is 3.83. The van der Waals surface area contributed by atoms with Gasteiger partial charge in [0.2, 0.25) is 5.91 Å². The number of halogens is 1. The molecule has 0 atom stereocenters. The molecule has 102 valence electrons. The standard InChI is InChI=1S/C13H16FN3O2/c14-9-5-6-11(10(7-9)12(15)17-19)16-13(18)8-3-1-2-4-8/h5-8,19H,1-4H2,(H2,15,17)(H,16,18). The lowest BCUT2D eigenvalue weighted by Crippen LogP contribution is -2.23. The second kappa shape index (κ2) is 5.69. The number of amidine groups is 1. The average molecular weight is 265 g/mol. The molecule has 6 heteroatoms. The van der Waals surface area contributed by atoms with Crippen LogP contribution in [-0.4, -0.2) is 17.0 Å². The number of carbonyl (C=O) groups is 1. The normalized spacial score (nSPS) is 16.6. The van der Waals surface area contributed by atoms with E-state index < -0.39 is 5.82 Å². The fourth-order valence-electron chi connectivity index (χ4n) is 2.31. The second-order valence-corrected chi connectivity index (χ2v) is 4.65. The Morgan fingerprint density at radius 3 is 2.74 bits per heavy atom. The number of benzene rings is 1. The Morgan fingerprint density at radius 1 is 1.42 bits per heavy atom. The highest BCUT2D eigenvalue weighted by atomic mass is 19.1. The molecule has 0 bridgehead atoms. The molecule has 1 aliphatic carbocycles. The van der Waals surface area contributed by atoms with Crippen LogP contribution in [0, 0.1) is 11.7 Å². The first-order valence-corrected chi connectivity index (χ1v) is 6.20. The SMILES string of the molecule is N/C(=N/O)c1cc(F)ccc1NC(=O)C1CCCC1. The summed E-state index contributed by atoms with van der Waals surface area (Å²) in [5, 5.41) is 14.2. The summed E-state index contributed by atoms with van der Waals surface area (Å²) in [6.45, 7) is 0. The number of amides is 1. The van der Waals surface area contributed by atoms with Gasteiger partial charge in [-0.2, -0.15) is 0 Å². The Labute approximate surface area is 110 Å². The van der Waals surface area contributed by atoms with Gasteiger partial charge < -0.3 is 16.3 Å². The highest BCUT2D eigenvalue weighted by Gasteiger charge is 2.23. The number of oxime groups is 1. The molecule has 0 spiro atoms. The van der Waals surface area contributed by atoms with Crippen LogP contribution in [0.3, 0.4) is 0 Å². The van der Waals surface area contributed by atoms with E-state index >= 15 is 0 Å². The van der Waals surface area contributed by atoms with Crippen LogP contribution in [-0.2, 0) is 4.79 Å². The van der Waals surface area contributed by atoms with E-state index in [4.69, 9.17) is 10.9 Å². The van der Waals surface area contributed by atoms with Crippen LogP contribution in [0.1, 0.15) is 31.2 Å². The molecular weight excluding hydrogens is 249 g/mol. The first-order valence-electron chi connectivity index (χ1n) is 6.20. The Morgan fingerprint density at radius 2 is 2.11 bits per heavy atom. The van der Waals surface area contributed by atoms with Crippen molar-refractivity contribution in [2.45, 2.75) is 25.7 Å². The molecule has 1 amide bonds. The third-order valence-electron chi connectivity index (χ3n) is 3.35. The maximum Gasteiger partial charge on any atom is 0.227 e. The molecule has 1 aromatic rings. The van der Waals surface area contributed by atoms with E-state index in [2.05, 4.69) is 10.5 Å². The highest BCUT2D eigenvalue weighted by Crippen LogP contribution is 2.27. The summed E-state index contributed by atoms with van der Waals surface area (Å²) >= 11 is 0. The van der Waals surface area contributed by atoms with Crippen LogP contribution in [0.4, 0.5) is 10.1 Å². The third kappa shape index (κ3) is 3.01. The van der Waals surface area contributed by atoms with Gasteiger partial charge in [0.15, 0.2) is 5.84 Å². The van der Waals surface area contributed by atoms with Gasteiger partial charge in [0.05, 0.1) is 5.69 Å². The van der Waals surface area contributed by atoms with Gasteiger partial charge in [0.25, 0.3) is 0 Å². The molecule has 1 aromatic carbocycles. The number of anilines is 1. The van der Waals surface area contributed by atoms with Crippen molar-refractivity contribution >= 4 is 17.4 Å². The van der Waals surface area contributed by atoms with Crippen LogP contribution in [0.2, 0.25) is 0 Å². The number of nitrogens with one attached hydrogen (secondary N) is 1. The summed E-state index contributed by atoms with van der Waals surface area (Å²) in [4.78, 5) is 12.0. The average Bonchev–Trinajstić information content (AvgIpc) is 2.94. The van der Waals surface area contributed by atoms with Gasteiger partial charge in [0, 0.05) is 11.5 Å². The van der Waals surface area contributed by atoms with E-state index in [0.29, 0.717) is 5.69 Å². The van der Waals surface area contributed by atoms with Crippen LogP contribution in [0.15, 0.2) is 23.4 Å². The fourth-order valence-corrected chi connectivity index (χ4v) is 2.31. The van der Waals surface area contributed by atoms with Gasteiger partial charge in [-0.15, -0.1) is 0 Å². The van der Waals surface area contributed by atoms with Crippen LogP contribution < -0.4 is 11.1 Å². The molecule has 1 saturated carbocycles. The molecular formula is C13H16FN3O2. The second-order valence-electron chi connectivity index (χ2n) is 4.65. The minimum absolute atomic E-state index is 0.00908. The molecule has 0 unspecified atom stereocenters. The molecule has 4 N–H and O–H groups in total. The fraction of sp³-hybridized carbons (Fsp3) is 0.385. The molecule has 0 aromatic heterocycles. The van der Waals surface area contributed by atoms with Gasteiger partial charge >= 0.3 is 0 Å². The molecule has 2 rings (SSSR count). The lowest BCUT2D eigenvalue weighted by molar-refractivity contribution is -0.119. The van der Waals surface area contributed by atoms with Gasteiger partial charge in [-0.1, -0.05) is 18.0 Å². The Kier molecular flexibility index (Phi) is 3.99. The lowest BCUT2D eigenvalue weighted by atomic mass is 10.1. The van der Waals surface area contributed by atoms with E-state index in [-0.39, 0.29) is 23.2 Å². The third-order valence-corrected chi connectivity index (χ3v) is 3.35. The molecule has 0 radical (unpaired) electrons. The van der Waals surface area contributed by atoms with Crippen molar-refractivity contribution in [1.82, 2.24) is 0 Å². The van der Waals surface area contributed by atoms with Crippen molar-refractivity contribution < 1.29 is 14.4 Å². The maximum atomic E-state index is 13.2. The summed E-state index contributed by atoms with van der Waals surface area (Å²) in [6, 6.07) is 3.76. The number of rotatable bonds is 3. The predicted octanol–water partition coefficient (Wildman–Crippen LogP) is 2.05. The van der Waals surface area contributed by atoms with Crippen molar-refractivity contribution in [3.63, 3.8) is 0 Å². The molecule has 5 nitrogen and oxygen atoms in total. The van der Waals surface area contributed by atoms with Crippen molar-refractivity contribution in [2.75, 3.05) is 5.32 Å². The Bertz CT molecular complexity index is 511. The van der Waals surface area contributed by atoms with E-state index in [1.165, 1.54) is 12.1 Å². The minimum atomic E-state index is -0.513. The van der Waals surface area contributed by atoms with Crippen LogP contribution in [0.5, 0.6) is 0 Å². The zero-order valence-electron chi connectivity index (χ0n) is 10.4. The van der Waals surface area contributed by atoms with Crippen molar-refractivity contribution in [2.24, 2.45) is 16.8 Å². The van der Waals surface area contributed by atoms with Gasteiger partial charge in [-0.3, -0.25) is 4.79 Å². The number of nitrogens with two attached hydrogens (primary N) is 1. The zero-order valence-corrected chi connectivity index (χ0v) is 10.4. The van der Waals surface area contributed by atoms with Gasteiger partial charge in [-0.05, 0) is 31.0 Å². The van der Waals surface area contributed by atoms with Crippen molar-refractivity contribution in [3.05, 3.63) is 29.6 Å². The molecule has 1 fully saturated rings. The molecule has 1 aliphatic rings.